The van der Waals surface area contributed by atoms with Crippen LogP contribution in [0.15, 0.2) is 54.9 Å². The van der Waals surface area contributed by atoms with Crippen molar-refractivity contribution in [3.63, 3.8) is 0 Å². The molecule has 0 bridgehead atoms. The van der Waals surface area contributed by atoms with Gasteiger partial charge in [-0.15, -0.1) is 0 Å². The summed E-state index contributed by atoms with van der Waals surface area (Å²) in [4.78, 5) is 13.4. The lowest BCUT2D eigenvalue weighted by molar-refractivity contribution is 0.208. The van der Waals surface area contributed by atoms with E-state index in [1.165, 1.54) is 16.3 Å². The van der Waals surface area contributed by atoms with Crippen molar-refractivity contribution in [1.82, 2.24) is 9.97 Å². The number of nitrogens with zero attached hydrogens (tertiary/aromatic N) is 4. The molecule has 27 heavy (non-hydrogen) atoms. The Labute approximate surface area is 160 Å². The fourth-order valence-corrected chi connectivity index (χ4v) is 3.91. The van der Waals surface area contributed by atoms with Gasteiger partial charge in [-0.1, -0.05) is 42.5 Å². The molecular formula is C22H26N4O. The van der Waals surface area contributed by atoms with Crippen LogP contribution in [0.25, 0.3) is 10.8 Å². The van der Waals surface area contributed by atoms with Gasteiger partial charge in [0.15, 0.2) is 0 Å². The molecule has 5 heteroatoms. The number of piperidine rings is 1. The lowest BCUT2D eigenvalue weighted by atomic mass is 9.99. The Hall–Kier alpha value is -2.66. The molecule has 4 rings (SSSR count). The monoisotopic (exact) mass is 362 g/mol. The third-order valence-electron chi connectivity index (χ3n) is 5.42. The molecule has 1 atom stereocenters. The fourth-order valence-electron chi connectivity index (χ4n) is 3.91. The van der Waals surface area contributed by atoms with Gasteiger partial charge in [0.1, 0.15) is 18.0 Å². The molecule has 1 saturated heterocycles. The molecule has 3 aromatic rings. The van der Waals surface area contributed by atoms with Gasteiger partial charge in [0.25, 0.3) is 0 Å². The molecule has 1 N–H and O–H groups in total. The van der Waals surface area contributed by atoms with Crippen molar-refractivity contribution in [2.24, 2.45) is 5.92 Å². The summed E-state index contributed by atoms with van der Waals surface area (Å²) < 4.78 is 0. The van der Waals surface area contributed by atoms with E-state index in [1.54, 1.807) is 6.33 Å². The van der Waals surface area contributed by atoms with Gasteiger partial charge in [-0.05, 0) is 35.1 Å². The van der Waals surface area contributed by atoms with E-state index in [0.29, 0.717) is 5.92 Å². The zero-order valence-electron chi connectivity index (χ0n) is 15.8. The largest absolute Gasteiger partial charge is 0.396 e. The van der Waals surface area contributed by atoms with Crippen molar-refractivity contribution in [2.45, 2.75) is 19.4 Å². The molecule has 0 spiro atoms. The summed E-state index contributed by atoms with van der Waals surface area (Å²) in [7, 11) is 2.07. The average Bonchev–Trinajstić information content (AvgIpc) is 2.74. The molecule has 0 amide bonds. The molecular weight excluding hydrogens is 336 g/mol. The van der Waals surface area contributed by atoms with Crippen LogP contribution in [0.3, 0.4) is 0 Å². The van der Waals surface area contributed by atoms with Crippen LogP contribution < -0.4 is 9.80 Å². The first-order valence-electron chi connectivity index (χ1n) is 9.60. The molecule has 1 aliphatic rings. The number of aliphatic hydroxyl groups excluding tert-OH is 1. The van der Waals surface area contributed by atoms with Crippen molar-refractivity contribution in [3.05, 3.63) is 60.4 Å². The van der Waals surface area contributed by atoms with Crippen molar-refractivity contribution in [2.75, 3.05) is 36.5 Å². The van der Waals surface area contributed by atoms with Crippen LogP contribution in [0.2, 0.25) is 0 Å². The quantitative estimate of drug-likeness (QED) is 0.753. The summed E-state index contributed by atoms with van der Waals surface area (Å²) in [6, 6.07) is 17.0. The molecule has 0 saturated carbocycles. The summed E-state index contributed by atoms with van der Waals surface area (Å²) in [5, 5.41) is 12.0. The van der Waals surface area contributed by atoms with E-state index in [2.05, 4.69) is 75.3 Å². The van der Waals surface area contributed by atoms with Crippen molar-refractivity contribution in [3.8, 4) is 0 Å². The van der Waals surface area contributed by atoms with Gasteiger partial charge in [0.05, 0.1) is 0 Å². The minimum absolute atomic E-state index is 0.245. The number of hydrogen-bond donors (Lipinski definition) is 1. The lowest BCUT2D eigenvalue weighted by Crippen LogP contribution is -2.37. The highest BCUT2D eigenvalue weighted by Crippen LogP contribution is 2.25. The van der Waals surface area contributed by atoms with E-state index in [-0.39, 0.29) is 6.61 Å². The number of rotatable bonds is 5. The van der Waals surface area contributed by atoms with Gasteiger partial charge in [-0.25, -0.2) is 9.97 Å². The maximum absolute atomic E-state index is 9.48. The Morgan fingerprint density at radius 1 is 1.15 bits per heavy atom. The predicted octanol–water partition coefficient (Wildman–Crippen LogP) is 3.47. The average molecular weight is 362 g/mol. The maximum Gasteiger partial charge on any atom is 0.134 e. The van der Waals surface area contributed by atoms with Gasteiger partial charge >= 0.3 is 0 Å². The molecule has 1 unspecified atom stereocenters. The number of hydrogen-bond acceptors (Lipinski definition) is 5. The zero-order chi connectivity index (χ0) is 18.6. The first-order chi connectivity index (χ1) is 13.2. The first kappa shape index (κ1) is 17.7. The van der Waals surface area contributed by atoms with Crippen LogP contribution in [0.1, 0.15) is 18.4 Å². The normalized spacial score (nSPS) is 17.3. The van der Waals surface area contributed by atoms with Gasteiger partial charge in [-0.3, -0.25) is 0 Å². The highest BCUT2D eigenvalue weighted by Gasteiger charge is 2.21. The number of aliphatic hydroxyl groups is 1. The Morgan fingerprint density at radius 3 is 2.89 bits per heavy atom. The van der Waals surface area contributed by atoms with Crippen LogP contribution in [-0.4, -0.2) is 41.8 Å². The summed E-state index contributed by atoms with van der Waals surface area (Å²) >= 11 is 0. The van der Waals surface area contributed by atoms with Crippen LogP contribution in [0.4, 0.5) is 11.6 Å². The minimum atomic E-state index is 0.245. The Kier molecular flexibility index (Phi) is 5.21. The van der Waals surface area contributed by atoms with Crippen LogP contribution in [-0.2, 0) is 6.54 Å². The molecule has 2 aromatic carbocycles. The van der Waals surface area contributed by atoms with Crippen LogP contribution in [0.5, 0.6) is 0 Å². The topological polar surface area (TPSA) is 52.5 Å². The standard InChI is InChI=1S/C22H26N4O/c1-25(14-19-9-4-8-18-7-2-3-10-20(18)19)21-12-22(24-16-23-21)26-11-5-6-17(13-26)15-27/h2-4,7-10,12,16-17,27H,5-6,11,13-15H2,1H3. The summed E-state index contributed by atoms with van der Waals surface area (Å²) in [6.07, 6.45) is 3.83. The van der Waals surface area contributed by atoms with E-state index in [1.807, 2.05) is 0 Å². The van der Waals surface area contributed by atoms with E-state index in [0.717, 1.165) is 44.1 Å². The molecule has 1 aliphatic heterocycles. The second-order valence-corrected chi connectivity index (χ2v) is 7.37. The molecule has 1 fully saturated rings. The minimum Gasteiger partial charge on any atom is -0.396 e. The van der Waals surface area contributed by atoms with E-state index < -0.39 is 0 Å². The third kappa shape index (κ3) is 3.88. The Balaban J connectivity index is 1.54. The second-order valence-electron chi connectivity index (χ2n) is 7.37. The molecule has 2 heterocycles. The number of aromatic nitrogens is 2. The van der Waals surface area contributed by atoms with E-state index in [4.69, 9.17) is 0 Å². The SMILES string of the molecule is CN(Cc1cccc2ccccc12)c1cc(N2CCCC(CO)C2)ncn1. The van der Waals surface area contributed by atoms with Crippen LogP contribution >= 0.6 is 0 Å². The second kappa shape index (κ2) is 7.92. The maximum atomic E-state index is 9.48. The van der Waals surface area contributed by atoms with Crippen LogP contribution in [0, 0.1) is 5.92 Å². The molecule has 0 aliphatic carbocycles. The number of benzene rings is 2. The first-order valence-corrected chi connectivity index (χ1v) is 9.60. The molecule has 1 aromatic heterocycles. The van der Waals surface area contributed by atoms with E-state index >= 15 is 0 Å². The summed E-state index contributed by atoms with van der Waals surface area (Å²) in [5.41, 5.74) is 1.29. The Morgan fingerprint density at radius 2 is 2.00 bits per heavy atom. The smallest absolute Gasteiger partial charge is 0.134 e. The molecule has 140 valence electrons. The van der Waals surface area contributed by atoms with Crippen molar-refractivity contribution < 1.29 is 5.11 Å². The molecule has 5 nitrogen and oxygen atoms in total. The number of anilines is 2. The highest BCUT2D eigenvalue weighted by atomic mass is 16.3. The highest BCUT2D eigenvalue weighted by molar-refractivity contribution is 5.85. The predicted molar refractivity (Wildman–Crippen MR) is 110 cm³/mol. The summed E-state index contributed by atoms with van der Waals surface area (Å²) in [6.45, 7) is 2.88. The van der Waals surface area contributed by atoms with Gasteiger partial charge in [-0.2, -0.15) is 0 Å². The van der Waals surface area contributed by atoms with Gasteiger partial charge in [0, 0.05) is 39.4 Å². The Bertz CT molecular complexity index is 908. The van der Waals surface area contributed by atoms with E-state index in [9.17, 15) is 5.11 Å². The number of fused-ring (bicyclic) bond motifs is 1. The molecule has 0 radical (unpaired) electrons. The third-order valence-corrected chi connectivity index (χ3v) is 5.42. The van der Waals surface area contributed by atoms with Gasteiger partial charge < -0.3 is 14.9 Å². The summed E-state index contributed by atoms with van der Waals surface area (Å²) in [5.74, 6) is 2.20. The van der Waals surface area contributed by atoms with Crippen molar-refractivity contribution >= 4 is 22.4 Å². The lowest BCUT2D eigenvalue weighted by Gasteiger charge is -2.33. The fraction of sp³-hybridized carbons (Fsp3) is 0.364. The van der Waals surface area contributed by atoms with Crippen molar-refractivity contribution in [1.29, 1.82) is 0 Å². The zero-order valence-corrected chi connectivity index (χ0v) is 15.8. The van der Waals surface area contributed by atoms with Gasteiger partial charge in [0.2, 0.25) is 0 Å².